The van der Waals surface area contributed by atoms with Crippen LogP contribution in [0.3, 0.4) is 0 Å². The van der Waals surface area contributed by atoms with Crippen LogP contribution < -0.4 is 10.1 Å². The molecule has 100 valence electrons. The van der Waals surface area contributed by atoms with Gasteiger partial charge in [-0.2, -0.15) is 0 Å². The van der Waals surface area contributed by atoms with Crippen LogP contribution in [0.1, 0.15) is 39.2 Å². The molecular formula is C14H21FN2O. The first-order valence-corrected chi connectivity index (χ1v) is 6.61. The van der Waals surface area contributed by atoms with Crippen molar-refractivity contribution >= 4 is 0 Å². The van der Waals surface area contributed by atoms with Crippen molar-refractivity contribution in [2.75, 3.05) is 0 Å². The van der Waals surface area contributed by atoms with Gasteiger partial charge in [-0.05, 0) is 31.7 Å². The molecule has 4 heteroatoms. The minimum absolute atomic E-state index is 0.0429. The number of pyridine rings is 1. The second-order valence-corrected chi connectivity index (χ2v) is 5.31. The summed E-state index contributed by atoms with van der Waals surface area (Å²) in [5.74, 6) is 0.115. The normalized spacial score (nSPS) is 16.9. The fraction of sp³-hybridized carbons (Fsp3) is 0.643. The predicted octanol–water partition coefficient (Wildman–Crippen LogP) is 2.90. The third kappa shape index (κ3) is 3.42. The average Bonchev–Trinajstić information content (AvgIpc) is 3.14. The van der Waals surface area contributed by atoms with Crippen molar-refractivity contribution in [2.45, 2.75) is 52.3 Å². The van der Waals surface area contributed by atoms with Crippen LogP contribution in [0.2, 0.25) is 0 Å². The van der Waals surface area contributed by atoms with E-state index in [4.69, 9.17) is 4.74 Å². The van der Waals surface area contributed by atoms with Crippen molar-refractivity contribution in [1.29, 1.82) is 0 Å². The Bertz CT molecular complexity index is 405. The highest BCUT2D eigenvalue weighted by molar-refractivity contribution is 5.24. The lowest BCUT2D eigenvalue weighted by atomic mass is 10.1. The molecule has 0 aliphatic heterocycles. The van der Waals surface area contributed by atoms with E-state index >= 15 is 0 Å². The average molecular weight is 252 g/mol. The topological polar surface area (TPSA) is 34.1 Å². The van der Waals surface area contributed by atoms with Gasteiger partial charge in [0.15, 0.2) is 5.82 Å². The molecule has 0 bridgehead atoms. The van der Waals surface area contributed by atoms with Crippen molar-refractivity contribution in [3.8, 4) is 5.88 Å². The van der Waals surface area contributed by atoms with Crippen LogP contribution in [-0.2, 0) is 6.54 Å². The third-order valence-electron chi connectivity index (χ3n) is 3.33. The second kappa shape index (κ2) is 5.65. The van der Waals surface area contributed by atoms with Gasteiger partial charge >= 0.3 is 0 Å². The number of nitrogens with one attached hydrogen (secondary N) is 1. The molecule has 1 aromatic rings. The quantitative estimate of drug-likeness (QED) is 0.845. The standard InChI is InChI=1S/C14H21FN2O/c1-9(2)10(3)18-14-13(15)11(6-7-16-14)8-17-12-4-5-12/h6-7,9-10,12,17H,4-5,8H2,1-3H3. The molecule has 1 heterocycles. The molecule has 18 heavy (non-hydrogen) atoms. The van der Waals surface area contributed by atoms with Crippen LogP contribution in [0.15, 0.2) is 12.3 Å². The first kappa shape index (κ1) is 13.3. The molecule has 1 saturated carbocycles. The molecule has 1 aliphatic rings. The van der Waals surface area contributed by atoms with E-state index in [0.29, 0.717) is 24.1 Å². The monoisotopic (exact) mass is 252 g/mol. The van der Waals surface area contributed by atoms with Gasteiger partial charge in [0, 0.05) is 24.3 Å². The highest BCUT2D eigenvalue weighted by Crippen LogP contribution is 2.23. The van der Waals surface area contributed by atoms with Crippen LogP contribution >= 0.6 is 0 Å². The maximum atomic E-state index is 14.1. The Hall–Kier alpha value is -1.16. The van der Waals surface area contributed by atoms with E-state index in [1.807, 2.05) is 20.8 Å². The lowest BCUT2D eigenvalue weighted by molar-refractivity contribution is 0.155. The third-order valence-corrected chi connectivity index (χ3v) is 3.33. The van der Waals surface area contributed by atoms with Crippen LogP contribution in [0.4, 0.5) is 4.39 Å². The zero-order valence-corrected chi connectivity index (χ0v) is 11.2. The Morgan fingerprint density at radius 1 is 1.44 bits per heavy atom. The molecular weight excluding hydrogens is 231 g/mol. The van der Waals surface area contributed by atoms with Gasteiger partial charge in [0.25, 0.3) is 5.88 Å². The molecule has 2 rings (SSSR count). The predicted molar refractivity (Wildman–Crippen MR) is 69.0 cm³/mol. The van der Waals surface area contributed by atoms with E-state index in [9.17, 15) is 4.39 Å². The van der Waals surface area contributed by atoms with Gasteiger partial charge in [-0.15, -0.1) is 0 Å². The number of rotatable bonds is 6. The molecule has 0 radical (unpaired) electrons. The van der Waals surface area contributed by atoms with E-state index in [1.165, 1.54) is 12.8 Å². The van der Waals surface area contributed by atoms with Gasteiger partial charge in [-0.1, -0.05) is 13.8 Å². The zero-order valence-electron chi connectivity index (χ0n) is 11.2. The summed E-state index contributed by atoms with van der Waals surface area (Å²) in [5.41, 5.74) is 0.628. The number of hydrogen-bond acceptors (Lipinski definition) is 3. The lowest BCUT2D eigenvalue weighted by Crippen LogP contribution is -2.21. The molecule has 0 spiro atoms. The van der Waals surface area contributed by atoms with Gasteiger partial charge in [0.05, 0.1) is 0 Å². The van der Waals surface area contributed by atoms with Gasteiger partial charge in [-0.3, -0.25) is 0 Å². The number of hydrogen-bond donors (Lipinski definition) is 1. The lowest BCUT2D eigenvalue weighted by Gasteiger charge is -2.18. The fourth-order valence-electron chi connectivity index (χ4n) is 1.53. The van der Waals surface area contributed by atoms with Crippen molar-refractivity contribution < 1.29 is 9.13 Å². The first-order chi connectivity index (χ1) is 8.58. The summed E-state index contributed by atoms with van der Waals surface area (Å²) in [7, 11) is 0. The second-order valence-electron chi connectivity index (χ2n) is 5.31. The summed E-state index contributed by atoms with van der Waals surface area (Å²) in [6, 6.07) is 2.27. The van der Waals surface area contributed by atoms with E-state index < -0.39 is 0 Å². The summed E-state index contributed by atoms with van der Waals surface area (Å²) in [6.07, 6.45) is 3.95. The number of halogens is 1. The Balaban J connectivity index is 2.03. The number of ether oxygens (including phenoxy) is 1. The molecule has 0 amide bonds. The molecule has 3 nitrogen and oxygen atoms in total. The largest absolute Gasteiger partial charge is 0.472 e. The summed E-state index contributed by atoms with van der Waals surface area (Å²) in [5, 5.41) is 3.29. The van der Waals surface area contributed by atoms with E-state index in [-0.39, 0.29) is 17.8 Å². The van der Waals surface area contributed by atoms with E-state index in [2.05, 4.69) is 10.3 Å². The number of nitrogens with zero attached hydrogens (tertiary/aromatic N) is 1. The first-order valence-electron chi connectivity index (χ1n) is 6.61. The molecule has 1 fully saturated rings. The zero-order chi connectivity index (χ0) is 13.1. The Kier molecular flexibility index (Phi) is 4.17. The summed E-state index contributed by atoms with van der Waals surface area (Å²) in [6.45, 7) is 6.56. The molecule has 0 saturated heterocycles. The van der Waals surface area contributed by atoms with Crippen molar-refractivity contribution in [3.63, 3.8) is 0 Å². The minimum atomic E-state index is -0.335. The van der Waals surface area contributed by atoms with Crippen molar-refractivity contribution in [3.05, 3.63) is 23.6 Å². The molecule has 1 N–H and O–H groups in total. The van der Waals surface area contributed by atoms with Gasteiger partial charge < -0.3 is 10.1 Å². The summed E-state index contributed by atoms with van der Waals surface area (Å²) < 4.78 is 19.7. The van der Waals surface area contributed by atoms with Gasteiger partial charge in [-0.25, -0.2) is 9.37 Å². The SMILES string of the molecule is CC(C)C(C)Oc1nccc(CNC2CC2)c1F. The highest BCUT2D eigenvalue weighted by Gasteiger charge is 2.21. The molecule has 0 aromatic carbocycles. The smallest absolute Gasteiger partial charge is 0.250 e. The molecule has 1 aromatic heterocycles. The van der Waals surface area contributed by atoms with E-state index in [1.54, 1.807) is 12.3 Å². The van der Waals surface area contributed by atoms with Crippen LogP contribution in [0.25, 0.3) is 0 Å². The Labute approximate surface area is 108 Å². The molecule has 1 aliphatic carbocycles. The van der Waals surface area contributed by atoms with Crippen molar-refractivity contribution in [2.24, 2.45) is 5.92 Å². The maximum Gasteiger partial charge on any atom is 0.250 e. The van der Waals surface area contributed by atoms with Gasteiger partial charge in [0.1, 0.15) is 6.10 Å². The van der Waals surface area contributed by atoms with Crippen LogP contribution in [-0.4, -0.2) is 17.1 Å². The van der Waals surface area contributed by atoms with Gasteiger partial charge in [0.2, 0.25) is 0 Å². The fourth-order valence-corrected chi connectivity index (χ4v) is 1.53. The molecule has 1 unspecified atom stereocenters. The van der Waals surface area contributed by atoms with Crippen molar-refractivity contribution in [1.82, 2.24) is 10.3 Å². The Morgan fingerprint density at radius 2 is 2.17 bits per heavy atom. The highest BCUT2D eigenvalue weighted by atomic mass is 19.1. The number of aromatic nitrogens is 1. The Morgan fingerprint density at radius 3 is 2.78 bits per heavy atom. The van der Waals surface area contributed by atoms with E-state index in [0.717, 1.165) is 0 Å². The minimum Gasteiger partial charge on any atom is -0.472 e. The van der Waals surface area contributed by atoms with Crippen LogP contribution in [0, 0.1) is 11.7 Å². The maximum absolute atomic E-state index is 14.1. The summed E-state index contributed by atoms with van der Waals surface area (Å²) in [4.78, 5) is 3.98. The summed E-state index contributed by atoms with van der Waals surface area (Å²) >= 11 is 0. The molecule has 1 atom stereocenters. The van der Waals surface area contributed by atoms with Crippen LogP contribution in [0.5, 0.6) is 5.88 Å².